The minimum absolute atomic E-state index is 0.0340. The van der Waals surface area contributed by atoms with Crippen LogP contribution in [0.25, 0.3) is 0 Å². The zero-order valence-electron chi connectivity index (χ0n) is 13.5. The lowest BCUT2D eigenvalue weighted by atomic mass is 9.81. The van der Waals surface area contributed by atoms with Gasteiger partial charge in [0, 0.05) is 28.6 Å². The second-order valence-corrected chi connectivity index (χ2v) is 8.60. The molecule has 0 saturated carbocycles. The molecule has 1 aliphatic rings. The van der Waals surface area contributed by atoms with E-state index in [0.717, 1.165) is 24.2 Å². The van der Waals surface area contributed by atoms with Crippen LogP contribution in [-0.4, -0.2) is 12.1 Å². The Labute approximate surface area is 138 Å². The fraction of sp³-hybridized carbons (Fsp3) is 0.647. The normalized spacial score (nSPS) is 19.1. The zero-order chi connectivity index (χ0) is 15.8. The average Bonchev–Trinajstić information content (AvgIpc) is 2.26. The number of rotatable bonds is 3. The summed E-state index contributed by atoms with van der Waals surface area (Å²) in [4.78, 5) is 0. The standard InChI is InChI=1S/C17H25Cl2NO/c1-16(2,3)10-17(4,5)20-14-6-7-21-15-12(14)8-11(18)9-13(15)19/h8-9,14,20H,6-7,10H2,1-5H3. The molecular formula is C17H25Cl2NO. The molecule has 2 rings (SSSR count). The van der Waals surface area contributed by atoms with E-state index in [1.807, 2.05) is 6.07 Å². The molecule has 0 spiro atoms. The molecule has 1 heterocycles. The molecule has 21 heavy (non-hydrogen) atoms. The van der Waals surface area contributed by atoms with Crippen LogP contribution in [0.1, 0.15) is 59.1 Å². The molecule has 0 saturated heterocycles. The molecule has 1 atom stereocenters. The van der Waals surface area contributed by atoms with E-state index in [1.54, 1.807) is 6.07 Å². The van der Waals surface area contributed by atoms with Crippen LogP contribution < -0.4 is 10.1 Å². The van der Waals surface area contributed by atoms with Crippen molar-refractivity contribution in [1.29, 1.82) is 0 Å². The van der Waals surface area contributed by atoms with Crippen molar-refractivity contribution in [3.05, 3.63) is 27.7 Å². The Bertz CT molecular complexity index is 520. The van der Waals surface area contributed by atoms with E-state index in [1.165, 1.54) is 0 Å². The number of fused-ring (bicyclic) bond motifs is 1. The van der Waals surface area contributed by atoms with Gasteiger partial charge in [0.05, 0.1) is 11.6 Å². The van der Waals surface area contributed by atoms with Crippen molar-refractivity contribution in [2.45, 2.75) is 59.0 Å². The predicted molar refractivity (Wildman–Crippen MR) is 90.6 cm³/mol. The topological polar surface area (TPSA) is 21.3 Å². The van der Waals surface area contributed by atoms with Crippen molar-refractivity contribution in [3.8, 4) is 5.75 Å². The minimum atomic E-state index is 0.0340. The third-order valence-electron chi connectivity index (χ3n) is 3.60. The molecule has 1 N–H and O–H groups in total. The molecule has 0 radical (unpaired) electrons. The molecule has 1 aromatic rings. The lowest BCUT2D eigenvalue weighted by molar-refractivity contribution is 0.188. The van der Waals surface area contributed by atoms with Gasteiger partial charge in [-0.25, -0.2) is 0 Å². The molecule has 118 valence electrons. The van der Waals surface area contributed by atoms with Gasteiger partial charge in [-0.2, -0.15) is 0 Å². The smallest absolute Gasteiger partial charge is 0.142 e. The first-order valence-corrected chi connectivity index (χ1v) is 8.22. The highest BCUT2D eigenvalue weighted by atomic mass is 35.5. The summed E-state index contributed by atoms with van der Waals surface area (Å²) in [6, 6.07) is 3.93. The van der Waals surface area contributed by atoms with Gasteiger partial charge in [0.25, 0.3) is 0 Å². The van der Waals surface area contributed by atoms with Crippen LogP contribution in [0.5, 0.6) is 5.75 Å². The molecule has 0 amide bonds. The molecule has 1 aliphatic heterocycles. The van der Waals surface area contributed by atoms with Crippen molar-refractivity contribution >= 4 is 23.2 Å². The molecule has 1 aromatic carbocycles. The first kappa shape index (κ1) is 16.9. The van der Waals surface area contributed by atoms with Gasteiger partial charge < -0.3 is 10.1 Å². The summed E-state index contributed by atoms with van der Waals surface area (Å²) in [7, 11) is 0. The third kappa shape index (κ3) is 4.51. The maximum absolute atomic E-state index is 6.25. The van der Waals surface area contributed by atoms with E-state index in [9.17, 15) is 0 Å². The number of hydrogen-bond acceptors (Lipinski definition) is 2. The fourth-order valence-electron chi connectivity index (χ4n) is 3.42. The van der Waals surface area contributed by atoms with Gasteiger partial charge in [0.2, 0.25) is 0 Å². The van der Waals surface area contributed by atoms with E-state index < -0.39 is 0 Å². The molecule has 0 bridgehead atoms. The first-order valence-electron chi connectivity index (χ1n) is 7.47. The second-order valence-electron chi connectivity index (χ2n) is 7.76. The van der Waals surface area contributed by atoms with E-state index in [-0.39, 0.29) is 17.0 Å². The Kier molecular flexibility index (Phi) is 4.82. The highest BCUT2D eigenvalue weighted by Gasteiger charge is 2.31. The quantitative estimate of drug-likeness (QED) is 0.776. The number of benzene rings is 1. The van der Waals surface area contributed by atoms with Gasteiger partial charge in [-0.15, -0.1) is 0 Å². The average molecular weight is 330 g/mol. The molecule has 1 unspecified atom stereocenters. The Morgan fingerprint density at radius 2 is 1.86 bits per heavy atom. The summed E-state index contributed by atoms with van der Waals surface area (Å²) in [5.41, 5.74) is 1.38. The van der Waals surface area contributed by atoms with Crippen molar-refractivity contribution in [2.24, 2.45) is 5.41 Å². The Morgan fingerprint density at radius 1 is 1.19 bits per heavy atom. The van der Waals surface area contributed by atoms with Crippen molar-refractivity contribution < 1.29 is 4.74 Å². The van der Waals surface area contributed by atoms with Crippen LogP contribution in [-0.2, 0) is 0 Å². The van der Waals surface area contributed by atoms with E-state index in [4.69, 9.17) is 27.9 Å². The van der Waals surface area contributed by atoms with Crippen molar-refractivity contribution in [3.63, 3.8) is 0 Å². The molecule has 4 heteroatoms. The maximum Gasteiger partial charge on any atom is 0.142 e. The van der Waals surface area contributed by atoms with E-state index in [0.29, 0.717) is 16.7 Å². The van der Waals surface area contributed by atoms with Crippen molar-refractivity contribution in [2.75, 3.05) is 6.61 Å². The van der Waals surface area contributed by atoms with Crippen molar-refractivity contribution in [1.82, 2.24) is 5.32 Å². The largest absolute Gasteiger partial charge is 0.492 e. The van der Waals surface area contributed by atoms with Crippen LogP contribution in [0.3, 0.4) is 0 Å². The zero-order valence-corrected chi connectivity index (χ0v) is 15.0. The predicted octanol–water partition coefficient (Wildman–Crippen LogP) is 5.62. The monoisotopic (exact) mass is 329 g/mol. The van der Waals surface area contributed by atoms with Gasteiger partial charge in [-0.1, -0.05) is 44.0 Å². The lowest BCUT2D eigenvalue weighted by Crippen LogP contribution is -2.45. The van der Waals surface area contributed by atoms with Gasteiger partial charge in [-0.3, -0.25) is 0 Å². The lowest BCUT2D eigenvalue weighted by Gasteiger charge is -2.39. The second kappa shape index (κ2) is 5.98. The van der Waals surface area contributed by atoms with Crippen LogP contribution in [0.15, 0.2) is 12.1 Å². The molecular weight excluding hydrogens is 305 g/mol. The summed E-state index contributed by atoms with van der Waals surface area (Å²) in [5.74, 6) is 0.774. The summed E-state index contributed by atoms with van der Waals surface area (Å²) in [6.07, 6.45) is 2.01. The molecule has 0 fully saturated rings. The van der Waals surface area contributed by atoms with Gasteiger partial charge >= 0.3 is 0 Å². The Balaban J connectivity index is 2.24. The Hall–Kier alpha value is -0.440. The molecule has 2 nitrogen and oxygen atoms in total. The first-order chi connectivity index (χ1) is 9.57. The number of hydrogen-bond donors (Lipinski definition) is 1. The SMILES string of the molecule is CC(C)(C)CC(C)(C)NC1CCOc2c(Cl)cc(Cl)cc21. The van der Waals surface area contributed by atoms with Crippen LogP contribution >= 0.6 is 23.2 Å². The van der Waals surface area contributed by atoms with Crippen LogP contribution in [0.2, 0.25) is 10.0 Å². The van der Waals surface area contributed by atoms with Crippen LogP contribution in [0, 0.1) is 5.41 Å². The van der Waals surface area contributed by atoms with Gasteiger partial charge in [-0.05, 0) is 37.8 Å². The third-order valence-corrected chi connectivity index (χ3v) is 4.10. The molecule has 0 aromatic heterocycles. The Morgan fingerprint density at radius 3 is 2.48 bits per heavy atom. The summed E-state index contributed by atoms with van der Waals surface area (Å²) in [5, 5.41) is 5.02. The molecule has 0 aliphatic carbocycles. The fourth-order valence-corrected chi connectivity index (χ4v) is 3.99. The minimum Gasteiger partial charge on any atom is -0.492 e. The van der Waals surface area contributed by atoms with Crippen LogP contribution in [0.4, 0.5) is 0 Å². The van der Waals surface area contributed by atoms with E-state index >= 15 is 0 Å². The number of halogens is 2. The van der Waals surface area contributed by atoms with Gasteiger partial charge in [0.15, 0.2) is 0 Å². The summed E-state index contributed by atoms with van der Waals surface area (Å²) in [6.45, 7) is 12.0. The van der Waals surface area contributed by atoms with Gasteiger partial charge in [0.1, 0.15) is 5.75 Å². The summed E-state index contributed by atoms with van der Waals surface area (Å²) < 4.78 is 5.72. The number of ether oxygens (including phenoxy) is 1. The summed E-state index contributed by atoms with van der Waals surface area (Å²) >= 11 is 12.4. The highest BCUT2D eigenvalue weighted by molar-refractivity contribution is 6.35. The maximum atomic E-state index is 6.25. The highest BCUT2D eigenvalue weighted by Crippen LogP contribution is 2.41. The number of nitrogens with one attached hydrogen (secondary N) is 1. The van der Waals surface area contributed by atoms with E-state index in [2.05, 4.69) is 39.9 Å².